The second kappa shape index (κ2) is 6.57. The Hall–Kier alpha value is -3.86. The minimum absolute atomic E-state index is 0.0585. The molecule has 2 amide bonds. The first-order valence-corrected chi connectivity index (χ1v) is 7.65. The van der Waals surface area contributed by atoms with Gasteiger partial charge in [0.05, 0.1) is 28.6 Å². The van der Waals surface area contributed by atoms with Crippen LogP contribution in [0.5, 0.6) is 0 Å². The van der Waals surface area contributed by atoms with Gasteiger partial charge >= 0.3 is 0 Å². The summed E-state index contributed by atoms with van der Waals surface area (Å²) in [6.07, 6.45) is 0. The molecule has 8 heteroatoms. The molecule has 0 fully saturated rings. The molecule has 1 aromatic heterocycles. The van der Waals surface area contributed by atoms with Crippen LogP contribution in [0.4, 0.5) is 5.82 Å². The number of carbonyl (C=O) groups is 2. The van der Waals surface area contributed by atoms with E-state index < -0.39 is 5.91 Å². The Kier molecular flexibility index (Phi) is 4.29. The number of amides is 2. The fraction of sp³-hybridized carbons (Fsp3) is 0.111. The summed E-state index contributed by atoms with van der Waals surface area (Å²) in [5.41, 5.74) is 2.12. The van der Waals surface area contributed by atoms with Crippen LogP contribution in [-0.4, -0.2) is 33.3 Å². The molecule has 0 atom stereocenters. The zero-order valence-corrected chi connectivity index (χ0v) is 14.1. The highest BCUT2D eigenvalue weighted by Gasteiger charge is 2.21. The van der Waals surface area contributed by atoms with Crippen molar-refractivity contribution in [2.24, 2.45) is 9.98 Å². The van der Waals surface area contributed by atoms with Crippen molar-refractivity contribution in [2.75, 3.05) is 5.32 Å². The van der Waals surface area contributed by atoms with Crippen molar-refractivity contribution < 1.29 is 9.59 Å². The van der Waals surface area contributed by atoms with Crippen molar-refractivity contribution in [1.29, 1.82) is 5.26 Å². The van der Waals surface area contributed by atoms with Gasteiger partial charge in [-0.1, -0.05) is 6.58 Å². The minimum atomic E-state index is -0.495. The normalized spacial score (nSPS) is 13.7. The molecule has 0 unspecified atom stereocenters. The summed E-state index contributed by atoms with van der Waals surface area (Å²) in [5.74, 6) is -0.496. The standard InChI is InChI=1S/C18H14N6O2/c1-10-8-15(21-17(26)14-6-4-13(9-19)5-7-14)24(23-10)18-20-12(3)11(2)16(25)22-18/h4-8H,2H2,1,3H3,(H,21,26). The Morgan fingerprint density at radius 1 is 1.23 bits per heavy atom. The van der Waals surface area contributed by atoms with Crippen LogP contribution in [0.1, 0.15) is 28.5 Å². The van der Waals surface area contributed by atoms with Crippen LogP contribution in [0.25, 0.3) is 0 Å². The van der Waals surface area contributed by atoms with E-state index >= 15 is 0 Å². The number of anilines is 1. The van der Waals surface area contributed by atoms with E-state index in [4.69, 9.17) is 5.26 Å². The lowest BCUT2D eigenvalue weighted by Crippen LogP contribution is -2.25. The molecule has 26 heavy (non-hydrogen) atoms. The number of aromatic nitrogens is 2. The van der Waals surface area contributed by atoms with Crippen LogP contribution >= 0.6 is 0 Å². The van der Waals surface area contributed by atoms with E-state index in [9.17, 15) is 9.59 Å². The number of aryl methyl sites for hydroxylation is 1. The molecule has 1 aliphatic rings. The fourth-order valence-corrected chi connectivity index (χ4v) is 2.28. The number of hydrogen-bond donors (Lipinski definition) is 1. The molecule has 3 rings (SSSR count). The van der Waals surface area contributed by atoms with Gasteiger partial charge in [-0.25, -0.2) is 4.99 Å². The zero-order valence-electron chi connectivity index (χ0n) is 14.1. The topological polar surface area (TPSA) is 112 Å². The van der Waals surface area contributed by atoms with E-state index in [0.717, 1.165) is 0 Å². The minimum Gasteiger partial charge on any atom is -0.306 e. The van der Waals surface area contributed by atoms with Gasteiger partial charge in [-0.05, 0) is 38.1 Å². The monoisotopic (exact) mass is 346 g/mol. The van der Waals surface area contributed by atoms with Gasteiger partial charge in [-0.3, -0.25) is 9.59 Å². The van der Waals surface area contributed by atoms with Crippen LogP contribution in [0.15, 0.2) is 52.5 Å². The van der Waals surface area contributed by atoms with E-state index in [1.807, 2.05) is 6.07 Å². The van der Waals surface area contributed by atoms with Gasteiger partial charge in [0.15, 0.2) is 0 Å². The third kappa shape index (κ3) is 3.18. The molecular weight excluding hydrogens is 332 g/mol. The van der Waals surface area contributed by atoms with Crippen molar-refractivity contribution in [1.82, 2.24) is 9.78 Å². The molecule has 0 saturated heterocycles. The van der Waals surface area contributed by atoms with Crippen molar-refractivity contribution in [3.8, 4) is 6.07 Å². The van der Waals surface area contributed by atoms with Gasteiger partial charge in [0, 0.05) is 11.6 Å². The Morgan fingerprint density at radius 2 is 1.92 bits per heavy atom. The summed E-state index contributed by atoms with van der Waals surface area (Å²) >= 11 is 0. The van der Waals surface area contributed by atoms with Gasteiger partial charge in [0.2, 0.25) is 0 Å². The molecule has 0 aliphatic carbocycles. The Morgan fingerprint density at radius 3 is 2.54 bits per heavy atom. The number of nitrogens with zero attached hydrogens (tertiary/aromatic N) is 5. The average molecular weight is 346 g/mol. The molecule has 1 aliphatic heterocycles. The molecule has 1 N–H and O–H groups in total. The lowest BCUT2D eigenvalue weighted by Gasteiger charge is -2.12. The highest BCUT2D eigenvalue weighted by Crippen LogP contribution is 2.16. The molecule has 128 valence electrons. The number of hydrogen-bond acceptors (Lipinski definition) is 5. The van der Waals surface area contributed by atoms with Gasteiger partial charge in [0.1, 0.15) is 5.82 Å². The quantitative estimate of drug-likeness (QED) is 0.839. The number of nitriles is 1. The maximum absolute atomic E-state index is 12.4. The summed E-state index contributed by atoms with van der Waals surface area (Å²) in [5, 5.41) is 15.8. The van der Waals surface area contributed by atoms with E-state index in [0.29, 0.717) is 28.4 Å². The van der Waals surface area contributed by atoms with Crippen LogP contribution in [0.3, 0.4) is 0 Å². The molecule has 0 bridgehead atoms. The van der Waals surface area contributed by atoms with Crippen molar-refractivity contribution in [2.45, 2.75) is 13.8 Å². The summed E-state index contributed by atoms with van der Waals surface area (Å²) in [6, 6.07) is 9.85. The Bertz CT molecular complexity index is 1030. The van der Waals surface area contributed by atoms with E-state index in [1.165, 1.54) is 4.68 Å². The van der Waals surface area contributed by atoms with Crippen LogP contribution in [-0.2, 0) is 4.79 Å². The largest absolute Gasteiger partial charge is 0.306 e. The van der Waals surface area contributed by atoms with Crippen molar-refractivity contribution in [3.63, 3.8) is 0 Å². The highest BCUT2D eigenvalue weighted by molar-refractivity contribution is 6.28. The first-order valence-electron chi connectivity index (χ1n) is 7.65. The smallest absolute Gasteiger partial charge is 0.281 e. The first-order chi connectivity index (χ1) is 12.4. The number of nitrogens with one attached hydrogen (secondary N) is 1. The van der Waals surface area contributed by atoms with Gasteiger partial charge < -0.3 is 5.32 Å². The third-order valence-corrected chi connectivity index (χ3v) is 3.70. The lowest BCUT2D eigenvalue weighted by atomic mass is 10.1. The number of rotatable bonds is 2. The maximum Gasteiger partial charge on any atom is 0.281 e. The molecule has 0 spiro atoms. The van der Waals surface area contributed by atoms with E-state index in [2.05, 4.69) is 27.0 Å². The zero-order chi connectivity index (χ0) is 18.8. The van der Waals surface area contributed by atoms with E-state index in [1.54, 1.807) is 44.2 Å². The second-order valence-corrected chi connectivity index (χ2v) is 5.62. The molecule has 0 saturated carbocycles. The Balaban J connectivity index is 1.91. The summed E-state index contributed by atoms with van der Waals surface area (Å²) in [6.45, 7) is 7.02. The second-order valence-electron chi connectivity index (χ2n) is 5.62. The molecule has 2 heterocycles. The fourth-order valence-electron chi connectivity index (χ4n) is 2.28. The molecule has 1 aromatic carbocycles. The van der Waals surface area contributed by atoms with Crippen molar-refractivity contribution in [3.05, 3.63) is 59.3 Å². The number of carbonyl (C=O) groups excluding carboxylic acids is 2. The SMILES string of the molecule is C=C1C(=O)N=C(n2nc(C)cc2NC(=O)c2ccc(C#N)cc2)N=C1C. The molecule has 0 radical (unpaired) electrons. The average Bonchev–Trinajstić information content (AvgIpc) is 2.99. The first kappa shape index (κ1) is 17.0. The highest BCUT2D eigenvalue weighted by atomic mass is 16.2. The lowest BCUT2D eigenvalue weighted by molar-refractivity contribution is -0.113. The summed E-state index contributed by atoms with van der Waals surface area (Å²) < 4.78 is 1.30. The van der Waals surface area contributed by atoms with Gasteiger partial charge in [0.25, 0.3) is 17.8 Å². The summed E-state index contributed by atoms with van der Waals surface area (Å²) in [7, 11) is 0. The van der Waals surface area contributed by atoms with Gasteiger partial charge in [-0.2, -0.15) is 20.0 Å². The van der Waals surface area contributed by atoms with Crippen molar-refractivity contribution >= 4 is 29.3 Å². The van der Waals surface area contributed by atoms with Crippen LogP contribution in [0.2, 0.25) is 0 Å². The van der Waals surface area contributed by atoms with Gasteiger partial charge in [-0.15, -0.1) is 0 Å². The van der Waals surface area contributed by atoms with E-state index in [-0.39, 0.29) is 17.4 Å². The third-order valence-electron chi connectivity index (χ3n) is 3.70. The predicted molar refractivity (Wildman–Crippen MR) is 96.2 cm³/mol. The predicted octanol–water partition coefficient (Wildman–Crippen LogP) is 2.08. The molecular formula is C18H14N6O2. The number of aliphatic imine (C=N–C) groups is 2. The summed E-state index contributed by atoms with van der Waals surface area (Å²) in [4.78, 5) is 32.4. The van der Waals surface area contributed by atoms with Crippen LogP contribution < -0.4 is 5.32 Å². The number of benzene rings is 1. The maximum atomic E-state index is 12.4. The van der Waals surface area contributed by atoms with Crippen LogP contribution in [0, 0.1) is 18.3 Å². The molecule has 2 aromatic rings. The molecule has 8 nitrogen and oxygen atoms in total. The Labute approximate surface area is 149 Å².